The van der Waals surface area contributed by atoms with Gasteiger partial charge < -0.3 is 24.3 Å². The molecule has 7 heteroatoms. The highest BCUT2D eigenvalue weighted by Gasteiger charge is 2.48. The van der Waals surface area contributed by atoms with Gasteiger partial charge in [-0.25, -0.2) is 4.98 Å². The van der Waals surface area contributed by atoms with E-state index in [0.717, 1.165) is 27.9 Å². The number of aromatic amines is 1. The zero-order valence-corrected chi connectivity index (χ0v) is 18.8. The molecule has 2 aliphatic rings. The first-order chi connectivity index (χ1) is 16.0. The second-order valence-corrected chi connectivity index (χ2v) is 9.06. The van der Waals surface area contributed by atoms with Crippen molar-refractivity contribution in [2.75, 3.05) is 13.2 Å². The monoisotopic (exact) mass is 462 g/mol. The number of aryl methyl sites for hydroxylation is 1. The third-order valence-corrected chi connectivity index (χ3v) is 6.62. The molecule has 2 saturated heterocycles. The largest absolute Gasteiger partial charge is 0.470 e. The van der Waals surface area contributed by atoms with E-state index in [1.54, 1.807) is 0 Å². The molecule has 0 spiro atoms. The summed E-state index contributed by atoms with van der Waals surface area (Å²) >= 11 is 6.59. The summed E-state index contributed by atoms with van der Waals surface area (Å²) in [6, 6.07) is 20.4. The Bertz CT molecular complexity index is 1300. The second kappa shape index (κ2) is 8.15. The molecule has 4 heterocycles. The second-order valence-electron chi connectivity index (χ2n) is 8.65. The summed E-state index contributed by atoms with van der Waals surface area (Å²) in [5.41, 5.74) is 6.77. The van der Waals surface area contributed by atoms with Crippen LogP contribution in [0.3, 0.4) is 0 Å². The van der Waals surface area contributed by atoms with E-state index >= 15 is 0 Å². The maximum absolute atomic E-state index is 9.92. The van der Waals surface area contributed by atoms with Gasteiger partial charge in [0, 0.05) is 11.6 Å². The van der Waals surface area contributed by atoms with Crippen LogP contribution in [0, 0.1) is 6.92 Å². The van der Waals surface area contributed by atoms with Crippen molar-refractivity contribution >= 4 is 22.6 Å². The van der Waals surface area contributed by atoms with E-state index in [4.69, 9.17) is 30.8 Å². The highest BCUT2D eigenvalue weighted by atomic mass is 35.5. The van der Waals surface area contributed by atoms with Crippen molar-refractivity contribution in [3.63, 3.8) is 0 Å². The van der Waals surface area contributed by atoms with Gasteiger partial charge in [0.2, 0.25) is 0 Å². The summed E-state index contributed by atoms with van der Waals surface area (Å²) in [6.45, 7) is 2.72. The molecular formula is C26H23ClN2O4. The zero-order chi connectivity index (χ0) is 22.5. The zero-order valence-electron chi connectivity index (χ0n) is 18.0. The van der Waals surface area contributed by atoms with Crippen LogP contribution in [0.5, 0.6) is 5.88 Å². The number of benzene rings is 2. The van der Waals surface area contributed by atoms with Gasteiger partial charge in [0.05, 0.1) is 35.0 Å². The van der Waals surface area contributed by atoms with Gasteiger partial charge in [0.1, 0.15) is 18.3 Å². The number of ether oxygens (including phenoxy) is 3. The van der Waals surface area contributed by atoms with Crippen LogP contribution in [0.25, 0.3) is 33.4 Å². The lowest BCUT2D eigenvalue weighted by atomic mass is 10.0. The molecule has 33 heavy (non-hydrogen) atoms. The van der Waals surface area contributed by atoms with Gasteiger partial charge in [0.25, 0.3) is 0 Å². The summed E-state index contributed by atoms with van der Waals surface area (Å²) in [4.78, 5) is 8.01. The van der Waals surface area contributed by atoms with Gasteiger partial charge >= 0.3 is 0 Å². The third kappa shape index (κ3) is 3.79. The number of aromatic nitrogens is 2. The molecule has 0 bridgehead atoms. The van der Waals surface area contributed by atoms with Crippen LogP contribution in [0.2, 0.25) is 5.02 Å². The van der Waals surface area contributed by atoms with E-state index in [9.17, 15) is 5.11 Å². The molecule has 6 nitrogen and oxygen atoms in total. The van der Waals surface area contributed by atoms with E-state index in [1.165, 1.54) is 11.1 Å². The SMILES string of the molecule is Cc1ccc(-c2ccc(-c3nc4cc(O[C@@H]5CO[C@H]6[C@@H]5OC[C@H]6O)[nH]c4cc3Cl)cc2)cc1. The molecule has 0 saturated carbocycles. The summed E-state index contributed by atoms with van der Waals surface area (Å²) in [5, 5.41) is 10.5. The number of hydrogen-bond acceptors (Lipinski definition) is 5. The van der Waals surface area contributed by atoms with E-state index in [0.29, 0.717) is 17.5 Å². The van der Waals surface area contributed by atoms with Crippen LogP contribution < -0.4 is 4.74 Å². The van der Waals surface area contributed by atoms with Crippen molar-refractivity contribution < 1.29 is 19.3 Å². The molecule has 2 N–H and O–H groups in total. The van der Waals surface area contributed by atoms with Crippen LogP contribution >= 0.6 is 11.6 Å². The van der Waals surface area contributed by atoms with Crippen molar-refractivity contribution in [3.05, 3.63) is 71.2 Å². The average Bonchev–Trinajstić information content (AvgIpc) is 3.51. The summed E-state index contributed by atoms with van der Waals surface area (Å²) in [6.07, 6.45) is -1.50. The quantitative estimate of drug-likeness (QED) is 0.457. The molecular weight excluding hydrogens is 440 g/mol. The fourth-order valence-corrected chi connectivity index (χ4v) is 4.81. The van der Waals surface area contributed by atoms with Crippen LogP contribution in [-0.4, -0.2) is 52.7 Å². The van der Waals surface area contributed by atoms with Gasteiger partial charge in [-0.05, 0) is 24.1 Å². The first kappa shape index (κ1) is 20.7. The molecule has 0 aliphatic carbocycles. The van der Waals surface area contributed by atoms with Gasteiger partial charge in [0.15, 0.2) is 12.0 Å². The minimum atomic E-state index is -0.605. The minimum Gasteiger partial charge on any atom is -0.470 e. The van der Waals surface area contributed by atoms with Crippen LogP contribution in [0.1, 0.15) is 5.56 Å². The first-order valence-electron chi connectivity index (χ1n) is 11.0. The molecule has 0 unspecified atom stereocenters. The molecule has 0 radical (unpaired) electrons. The van der Waals surface area contributed by atoms with Gasteiger partial charge in [-0.1, -0.05) is 65.7 Å². The number of aliphatic hydroxyl groups excluding tert-OH is 1. The maximum atomic E-state index is 9.92. The predicted octanol–water partition coefficient (Wildman–Crippen LogP) is 4.76. The Kier molecular flexibility index (Phi) is 5.11. The number of fused-ring (bicyclic) bond motifs is 2. The molecule has 4 aromatic rings. The number of H-pyrrole nitrogens is 1. The van der Waals surface area contributed by atoms with E-state index in [-0.39, 0.29) is 24.9 Å². The third-order valence-electron chi connectivity index (χ3n) is 6.33. The van der Waals surface area contributed by atoms with Crippen LogP contribution in [0.4, 0.5) is 0 Å². The number of aliphatic hydroxyl groups is 1. The Morgan fingerprint density at radius 3 is 2.36 bits per heavy atom. The minimum absolute atomic E-state index is 0.269. The Labute approximate surface area is 196 Å². The Morgan fingerprint density at radius 2 is 1.61 bits per heavy atom. The number of nitrogens with zero attached hydrogens (tertiary/aromatic N) is 1. The molecule has 2 fully saturated rings. The Morgan fingerprint density at radius 1 is 0.939 bits per heavy atom. The van der Waals surface area contributed by atoms with Crippen LogP contribution in [-0.2, 0) is 9.47 Å². The van der Waals surface area contributed by atoms with Crippen molar-refractivity contribution in [1.82, 2.24) is 9.97 Å². The topological polar surface area (TPSA) is 76.6 Å². The molecule has 0 amide bonds. The number of pyridine rings is 1. The fourth-order valence-electron chi connectivity index (χ4n) is 4.55. The maximum Gasteiger partial charge on any atom is 0.193 e. The molecule has 2 aliphatic heterocycles. The summed E-state index contributed by atoms with van der Waals surface area (Å²) in [7, 11) is 0. The van der Waals surface area contributed by atoms with Gasteiger partial charge in [-0.15, -0.1) is 0 Å². The van der Waals surface area contributed by atoms with Gasteiger partial charge in [-0.2, -0.15) is 0 Å². The number of nitrogens with one attached hydrogen (secondary N) is 1. The first-order valence-corrected chi connectivity index (χ1v) is 11.4. The predicted molar refractivity (Wildman–Crippen MR) is 127 cm³/mol. The van der Waals surface area contributed by atoms with Crippen molar-refractivity contribution in [2.45, 2.75) is 31.3 Å². The Hall–Kier alpha value is -2.90. The smallest absolute Gasteiger partial charge is 0.193 e. The molecule has 6 rings (SSSR count). The molecule has 2 aromatic heterocycles. The van der Waals surface area contributed by atoms with Crippen molar-refractivity contribution in [3.8, 4) is 28.3 Å². The van der Waals surface area contributed by atoms with Crippen molar-refractivity contribution in [2.24, 2.45) is 0 Å². The van der Waals surface area contributed by atoms with Crippen LogP contribution in [0.15, 0.2) is 60.7 Å². The van der Waals surface area contributed by atoms with E-state index in [2.05, 4.69) is 48.3 Å². The fraction of sp³-hybridized carbons (Fsp3) is 0.269. The normalized spacial score (nSPS) is 24.3. The summed E-state index contributed by atoms with van der Waals surface area (Å²) < 4.78 is 17.4. The number of rotatable bonds is 4. The lowest BCUT2D eigenvalue weighted by Crippen LogP contribution is -2.34. The van der Waals surface area contributed by atoms with E-state index in [1.807, 2.05) is 24.3 Å². The standard InChI is InChI=1S/C26H23ClN2O4/c1-14-2-4-15(5-3-14)16-6-8-17(9-7-16)24-18(27)10-19-20(29-24)11-23(28-19)33-22-13-32-25-21(30)12-31-26(22)25/h2-11,21-22,25-26,28,30H,12-13H2,1H3/t21-,22-,25-,26-/m1/s1. The highest BCUT2D eigenvalue weighted by molar-refractivity contribution is 6.33. The molecule has 168 valence electrons. The Balaban J connectivity index is 1.25. The highest BCUT2D eigenvalue weighted by Crippen LogP contribution is 2.34. The number of halogens is 1. The average molecular weight is 463 g/mol. The summed E-state index contributed by atoms with van der Waals surface area (Å²) in [5.74, 6) is 0.569. The van der Waals surface area contributed by atoms with E-state index < -0.39 is 6.10 Å². The van der Waals surface area contributed by atoms with Gasteiger partial charge in [-0.3, -0.25) is 0 Å². The molecule has 4 atom stereocenters. The lowest BCUT2D eigenvalue weighted by Gasteiger charge is -2.16. The molecule has 2 aromatic carbocycles. The lowest BCUT2D eigenvalue weighted by molar-refractivity contribution is 0.00794. The number of hydrogen-bond donors (Lipinski definition) is 2. The van der Waals surface area contributed by atoms with Crippen molar-refractivity contribution in [1.29, 1.82) is 0 Å².